The van der Waals surface area contributed by atoms with Crippen molar-refractivity contribution in [1.82, 2.24) is 9.97 Å². The number of H-pyrrole nitrogens is 1. The molecular weight excluding hydrogens is 338 g/mol. The second kappa shape index (κ2) is 6.96. The van der Waals surface area contributed by atoms with E-state index in [4.69, 9.17) is 5.26 Å². The Morgan fingerprint density at radius 3 is 2.78 bits per heavy atom. The first-order valence-corrected chi connectivity index (χ1v) is 8.83. The van der Waals surface area contributed by atoms with Crippen LogP contribution in [-0.2, 0) is 13.0 Å². The summed E-state index contributed by atoms with van der Waals surface area (Å²) in [6.45, 7) is 3.35. The number of benzene rings is 1. The van der Waals surface area contributed by atoms with Gasteiger partial charge in [-0.1, -0.05) is 18.2 Å². The normalized spacial score (nSPS) is 13.0. The van der Waals surface area contributed by atoms with Crippen LogP contribution in [0.3, 0.4) is 0 Å². The lowest BCUT2D eigenvalue weighted by atomic mass is 10.0. The van der Waals surface area contributed by atoms with Gasteiger partial charge in [0.2, 0.25) is 0 Å². The Morgan fingerprint density at radius 1 is 1.26 bits per heavy atom. The van der Waals surface area contributed by atoms with Crippen LogP contribution in [-0.4, -0.2) is 22.4 Å². The summed E-state index contributed by atoms with van der Waals surface area (Å²) >= 11 is 0. The van der Waals surface area contributed by atoms with Crippen LogP contribution in [0, 0.1) is 18.3 Å². The predicted molar refractivity (Wildman–Crippen MR) is 104 cm³/mol. The Morgan fingerprint density at radius 2 is 2.07 bits per heavy atom. The quantitative estimate of drug-likeness (QED) is 0.752. The standard InChI is InChI=1S/C21H19N5O/c1-14-20(21(27)25-16-5-3-2-4-6-16)17-13-26(10-9-18(17)24-14)19-8-7-15(11-22)12-23-19/h2-8,12,24H,9-10,13H2,1H3,(H,25,27). The summed E-state index contributed by atoms with van der Waals surface area (Å²) in [4.78, 5) is 22.8. The molecule has 1 amide bonds. The molecule has 4 rings (SSSR count). The van der Waals surface area contributed by atoms with Gasteiger partial charge >= 0.3 is 0 Å². The second-order valence-corrected chi connectivity index (χ2v) is 6.59. The highest BCUT2D eigenvalue weighted by molar-refractivity contribution is 6.06. The van der Waals surface area contributed by atoms with E-state index < -0.39 is 0 Å². The van der Waals surface area contributed by atoms with Crippen molar-refractivity contribution < 1.29 is 4.79 Å². The molecule has 27 heavy (non-hydrogen) atoms. The summed E-state index contributed by atoms with van der Waals surface area (Å²) in [6, 6.07) is 15.2. The van der Waals surface area contributed by atoms with Gasteiger partial charge in [-0.25, -0.2) is 4.98 Å². The zero-order chi connectivity index (χ0) is 18.8. The van der Waals surface area contributed by atoms with Crippen LogP contribution >= 0.6 is 0 Å². The van der Waals surface area contributed by atoms with Crippen LogP contribution in [0.15, 0.2) is 48.7 Å². The Hall–Kier alpha value is -3.59. The molecule has 0 saturated heterocycles. The first-order chi connectivity index (χ1) is 13.2. The maximum Gasteiger partial charge on any atom is 0.257 e. The molecule has 0 aliphatic carbocycles. The molecule has 1 aliphatic heterocycles. The second-order valence-electron chi connectivity index (χ2n) is 6.59. The van der Waals surface area contributed by atoms with Crippen LogP contribution in [0.1, 0.15) is 32.9 Å². The molecule has 3 aromatic rings. The molecule has 3 heterocycles. The van der Waals surface area contributed by atoms with Gasteiger partial charge in [0.25, 0.3) is 5.91 Å². The van der Waals surface area contributed by atoms with Crippen molar-refractivity contribution >= 4 is 17.4 Å². The monoisotopic (exact) mass is 357 g/mol. The lowest BCUT2D eigenvalue weighted by Gasteiger charge is -2.28. The predicted octanol–water partition coefficient (Wildman–Crippen LogP) is 3.40. The molecule has 1 aliphatic rings. The third-order valence-electron chi connectivity index (χ3n) is 4.82. The van der Waals surface area contributed by atoms with Crippen LogP contribution in [0.4, 0.5) is 11.5 Å². The maximum absolute atomic E-state index is 12.9. The molecule has 0 spiro atoms. The average Bonchev–Trinajstić information content (AvgIpc) is 3.03. The first-order valence-electron chi connectivity index (χ1n) is 8.83. The zero-order valence-electron chi connectivity index (χ0n) is 15.0. The van der Waals surface area contributed by atoms with E-state index in [2.05, 4.69) is 26.3 Å². The molecular formula is C21H19N5O. The fourth-order valence-corrected chi connectivity index (χ4v) is 3.50. The number of nitriles is 1. The maximum atomic E-state index is 12.9. The third kappa shape index (κ3) is 3.27. The van der Waals surface area contributed by atoms with Crippen molar-refractivity contribution in [2.45, 2.75) is 19.9 Å². The number of anilines is 2. The molecule has 2 N–H and O–H groups in total. The van der Waals surface area contributed by atoms with Gasteiger partial charge in [0.1, 0.15) is 11.9 Å². The summed E-state index contributed by atoms with van der Waals surface area (Å²) < 4.78 is 0. The van der Waals surface area contributed by atoms with Gasteiger partial charge in [0.05, 0.1) is 11.1 Å². The molecule has 0 radical (unpaired) electrons. The Bertz CT molecular complexity index is 1020. The molecule has 0 fully saturated rings. The fraction of sp³-hybridized carbons (Fsp3) is 0.190. The van der Waals surface area contributed by atoms with E-state index >= 15 is 0 Å². The summed E-state index contributed by atoms with van der Waals surface area (Å²) in [5, 5.41) is 11.9. The number of hydrogen-bond acceptors (Lipinski definition) is 4. The Kier molecular flexibility index (Phi) is 4.35. The van der Waals surface area contributed by atoms with Crippen molar-refractivity contribution in [3.8, 4) is 6.07 Å². The van der Waals surface area contributed by atoms with Gasteiger partial charge in [-0.05, 0) is 31.2 Å². The van der Waals surface area contributed by atoms with Gasteiger partial charge < -0.3 is 15.2 Å². The highest BCUT2D eigenvalue weighted by Crippen LogP contribution is 2.28. The van der Waals surface area contributed by atoms with Crippen LogP contribution in [0.2, 0.25) is 0 Å². The minimum Gasteiger partial charge on any atom is -0.361 e. The van der Waals surface area contributed by atoms with E-state index in [0.717, 1.165) is 41.4 Å². The van der Waals surface area contributed by atoms with E-state index in [1.807, 2.05) is 43.3 Å². The molecule has 134 valence electrons. The van der Waals surface area contributed by atoms with Gasteiger partial charge in [0.15, 0.2) is 0 Å². The van der Waals surface area contributed by atoms with Gasteiger partial charge in [-0.2, -0.15) is 5.26 Å². The minimum absolute atomic E-state index is 0.106. The van der Waals surface area contributed by atoms with E-state index in [1.165, 1.54) is 0 Å². The van der Waals surface area contributed by atoms with Gasteiger partial charge in [0, 0.05) is 48.3 Å². The number of amides is 1. The smallest absolute Gasteiger partial charge is 0.257 e. The summed E-state index contributed by atoms with van der Waals surface area (Å²) in [7, 11) is 0. The third-order valence-corrected chi connectivity index (χ3v) is 4.82. The van der Waals surface area contributed by atoms with Crippen LogP contribution < -0.4 is 10.2 Å². The number of aromatic nitrogens is 2. The molecule has 0 saturated carbocycles. The molecule has 2 aromatic heterocycles. The van der Waals surface area contributed by atoms with E-state index in [1.54, 1.807) is 12.3 Å². The largest absolute Gasteiger partial charge is 0.361 e. The number of para-hydroxylation sites is 1. The fourth-order valence-electron chi connectivity index (χ4n) is 3.50. The van der Waals surface area contributed by atoms with Crippen molar-refractivity contribution in [3.63, 3.8) is 0 Å². The SMILES string of the molecule is Cc1[nH]c2c(c1C(=O)Nc1ccccc1)CN(c1ccc(C#N)cn1)CC2. The number of nitrogens with zero attached hydrogens (tertiary/aromatic N) is 3. The number of aromatic amines is 1. The Labute approximate surface area is 157 Å². The van der Waals surface area contributed by atoms with Crippen molar-refractivity contribution in [1.29, 1.82) is 5.26 Å². The van der Waals surface area contributed by atoms with Crippen molar-refractivity contribution in [2.24, 2.45) is 0 Å². The minimum atomic E-state index is -0.106. The number of aryl methyl sites for hydroxylation is 1. The first kappa shape index (κ1) is 16.9. The van der Waals surface area contributed by atoms with Crippen LogP contribution in [0.5, 0.6) is 0 Å². The molecule has 1 aromatic carbocycles. The summed E-state index contributed by atoms with van der Waals surface area (Å²) in [5.41, 5.74) is 5.01. The van der Waals surface area contributed by atoms with Gasteiger partial charge in [-0.15, -0.1) is 0 Å². The van der Waals surface area contributed by atoms with Crippen molar-refractivity contribution in [2.75, 3.05) is 16.8 Å². The van der Waals surface area contributed by atoms with E-state index in [9.17, 15) is 4.79 Å². The molecule has 0 bridgehead atoms. The topological polar surface area (TPSA) is 84.8 Å². The number of carbonyl (C=O) groups is 1. The lowest BCUT2D eigenvalue weighted by Crippen LogP contribution is -2.31. The lowest BCUT2D eigenvalue weighted by molar-refractivity contribution is 0.102. The highest BCUT2D eigenvalue weighted by Gasteiger charge is 2.27. The van der Waals surface area contributed by atoms with E-state index in [-0.39, 0.29) is 5.91 Å². The molecule has 0 unspecified atom stereocenters. The number of hydrogen-bond donors (Lipinski definition) is 2. The number of nitrogens with one attached hydrogen (secondary N) is 2. The summed E-state index contributed by atoms with van der Waals surface area (Å²) in [6.07, 6.45) is 2.40. The highest BCUT2D eigenvalue weighted by atomic mass is 16.1. The van der Waals surface area contributed by atoms with Gasteiger partial charge in [-0.3, -0.25) is 4.79 Å². The molecule has 0 atom stereocenters. The number of carbonyl (C=O) groups excluding carboxylic acids is 1. The average molecular weight is 357 g/mol. The van der Waals surface area contributed by atoms with Crippen LogP contribution in [0.25, 0.3) is 0 Å². The number of fused-ring (bicyclic) bond motifs is 1. The number of rotatable bonds is 3. The number of pyridine rings is 1. The Balaban J connectivity index is 1.61. The molecule has 6 nitrogen and oxygen atoms in total. The zero-order valence-corrected chi connectivity index (χ0v) is 15.0. The van der Waals surface area contributed by atoms with E-state index in [0.29, 0.717) is 17.7 Å². The molecule has 6 heteroatoms. The van der Waals surface area contributed by atoms with Crippen molar-refractivity contribution in [3.05, 3.63) is 76.7 Å². The summed E-state index contributed by atoms with van der Waals surface area (Å²) in [5.74, 6) is 0.707.